The minimum Gasteiger partial charge on any atom is -0.484 e. The Morgan fingerprint density at radius 1 is 1.57 bits per heavy atom. The Morgan fingerprint density at radius 2 is 2.24 bits per heavy atom. The van der Waals surface area contributed by atoms with Gasteiger partial charge in [-0.15, -0.1) is 6.42 Å². The number of nitrogens with zero attached hydrogens (tertiary/aromatic N) is 2. The molecule has 7 nitrogen and oxygen atoms in total. The number of carboxylic acids is 1. The molecule has 0 aromatic heterocycles. The fourth-order valence-corrected chi connectivity index (χ4v) is 1.71. The number of ether oxygens (including phenoxy) is 1. The van der Waals surface area contributed by atoms with E-state index in [0.717, 1.165) is 0 Å². The van der Waals surface area contributed by atoms with Crippen molar-refractivity contribution in [2.45, 2.75) is 20.0 Å². The van der Waals surface area contributed by atoms with Crippen LogP contribution in [-0.4, -0.2) is 35.2 Å². The third-order valence-electron chi connectivity index (χ3n) is 2.48. The van der Waals surface area contributed by atoms with Gasteiger partial charge in [-0.05, 0) is 19.9 Å². The summed E-state index contributed by atoms with van der Waals surface area (Å²) in [5, 5.41) is 19.9. The van der Waals surface area contributed by atoms with Gasteiger partial charge in [0.15, 0.2) is 5.75 Å². The molecule has 0 radical (unpaired) electrons. The van der Waals surface area contributed by atoms with Crippen molar-refractivity contribution < 1.29 is 19.6 Å². The van der Waals surface area contributed by atoms with Crippen LogP contribution in [0.25, 0.3) is 0 Å². The Bertz CT molecular complexity index is 577. The molecule has 1 N–H and O–H groups in total. The van der Waals surface area contributed by atoms with E-state index in [1.165, 1.54) is 23.1 Å². The number of nitro groups is 1. The van der Waals surface area contributed by atoms with Crippen molar-refractivity contribution in [3.05, 3.63) is 28.3 Å². The lowest BCUT2D eigenvalue weighted by atomic mass is 10.2. The van der Waals surface area contributed by atoms with Crippen LogP contribution < -0.4 is 9.64 Å². The van der Waals surface area contributed by atoms with Crippen LogP contribution in [-0.2, 0) is 4.79 Å². The molecule has 0 bridgehead atoms. The Morgan fingerprint density at radius 3 is 2.71 bits per heavy atom. The van der Waals surface area contributed by atoms with Crippen molar-refractivity contribution in [2.24, 2.45) is 0 Å². The molecule has 0 atom stereocenters. The van der Waals surface area contributed by atoms with Gasteiger partial charge in [-0.25, -0.2) is 0 Å². The molecule has 112 valence electrons. The van der Waals surface area contributed by atoms with E-state index in [-0.39, 0.29) is 30.6 Å². The van der Waals surface area contributed by atoms with Gasteiger partial charge in [0.05, 0.1) is 17.6 Å². The molecule has 0 aliphatic rings. The fourth-order valence-electron chi connectivity index (χ4n) is 1.71. The zero-order valence-corrected chi connectivity index (χ0v) is 11.8. The van der Waals surface area contributed by atoms with Crippen LogP contribution in [0.3, 0.4) is 0 Å². The number of rotatable bonds is 7. The summed E-state index contributed by atoms with van der Waals surface area (Å²) in [6.07, 6.45) is 4.96. The van der Waals surface area contributed by atoms with Crippen molar-refractivity contribution in [3.63, 3.8) is 0 Å². The minimum absolute atomic E-state index is 0.0746. The van der Waals surface area contributed by atoms with E-state index in [1.54, 1.807) is 13.8 Å². The molecule has 0 unspecified atom stereocenters. The number of terminal acetylenes is 1. The molecule has 1 rings (SSSR count). The lowest BCUT2D eigenvalue weighted by Crippen LogP contribution is -2.30. The fraction of sp³-hybridized carbons (Fsp3) is 0.357. The largest absolute Gasteiger partial charge is 0.484 e. The lowest BCUT2D eigenvalue weighted by molar-refractivity contribution is -0.386. The SMILES string of the molecule is C#CCN(CC(=O)O)c1ccc([N+](=O)[O-])c(OC(C)C)c1. The zero-order valence-electron chi connectivity index (χ0n) is 11.8. The van der Waals surface area contributed by atoms with Crippen LogP contribution in [0.15, 0.2) is 18.2 Å². The predicted molar refractivity (Wildman–Crippen MR) is 77.5 cm³/mol. The topological polar surface area (TPSA) is 92.9 Å². The van der Waals surface area contributed by atoms with Crippen LogP contribution >= 0.6 is 0 Å². The van der Waals surface area contributed by atoms with E-state index >= 15 is 0 Å². The molecule has 0 amide bonds. The standard InChI is InChI=1S/C14H16N2O5/c1-4-7-15(9-14(17)18)11-5-6-12(16(19)20)13(8-11)21-10(2)3/h1,5-6,8,10H,7,9H2,2-3H3,(H,17,18). The smallest absolute Gasteiger partial charge is 0.323 e. The quantitative estimate of drug-likeness (QED) is 0.469. The summed E-state index contributed by atoms with van der Waals surface area (Å²) in [5.41, 5.74) is 0.278. The number of aliphatic carboxylic acids is 1. The third-order valence-corrected chi connectivity index (χ3v) is 2.48. The van der Waals surface area contributed by atoms with Crippen LogP contribution in [0.2, 0.25) is 0 Å². The molecule has 0 saturated carbocycles. The maximum atomic E-state index is 11.0. The zero-order chi connectivity index (χ0) is 16.0. The second-order valence-electron chi connectivity index (χ2n) is 4.53. The first kappa shape index (κ1) is 16.3. The van der Waals surface area contributed by atoms with Gasteiger partial charge in [0.1, 0.15) is 6.54 Å². The second kappa shape index (κ2) is 7.14. The molecule has 21 heavy (non-hydrogen) atoms. The van der Waals surface area contributed by atoms with Gasteiger partial charge < -0.3 is 14.7 Å². The summed E-state index contributed by atoms with van der Waals surface area (Å²) in [5.74, 6) is 1.39. The molecule has 1 aromatic rings. The summed E-state index contributed by atoms with van der Waals surface area (Å²) in [6.45, 7) is 3.26. The number of carboxylic acid groups (broad SMARTS) is 1. The summed E-state index contributed by atoms with van der Waals surface area (Å²) >= 11 is 0. The van der Waals surface area contributed by atoms with E-state index in [2.05, 4.69) is 5.92 Å². The number of carbonyl (C=O) groups is 1. The molecule has 0 aliphatic heterocycles. The van der Waals surface area contributed by atoms with E-state index < -0.39 is 10.9 Å². The predicted octanol–water partition coefficient (Wildman–Crippen LogP) is 1.91. The lowest BCUT2D eigenvalue weighted by Gasteiger charge is -2.21. The number of benzene rings is 1. The van der Waals surface area contributed by atoms with Gasteiger partial charge in [0.2, 0.25) is 0 Å². The highest BCUT2D eigenvalue weighted by atomic mass is 16.6. The van der Waals surface area contributed by atoms with Gasteiger partial charge in [0.25, 0.3) is 0 Å². The van der Waals surface area contributed by atoms with Crippen molar-refractivity contribution in [1.82, 2.24) is 0 Å². The molecule has 0 heterocycles. The number of hydrogen-bond donors (Lipinski definition) is 1. The maximum absolute atomic E-state index is 11.0. The van der Waals surface area contributed by atoms with Gasteiger partial charge >= 0.3 is 11.7 Å². The van der Waals surface area contributed by atoms with E-state index in [4.69, 9.17) is 16.3 Å². The van der Waals surface area contributed by atoms with Crippen molar-refractivity contribution in [2.75, 3.05) is 18.0 Å². The summed E-state index contributed by atoms with van der Waals surface area (Å²) in [7, 11) is 0. The molecule has 0 aliphatic carbocycles. The average Bonchev–Trinajstić information content (AvgIpc) is 2.36. The number of hydrogen-bond acceptors (Lipinski definition) is 5. The minimum atomic E-state index is -1.05. The first-order valence-electron chi connectivity index (χ1n) is 6.20. The summed E-state index contributed by atoms with van der Waals surface area (Å²) in [6, 6.07) is 4.16. The molecule has 7 heteroatoms. The molecular weight excluding hydrogens is 276 g/mol. The normalized spacial score (nSPS) is 10.0. The molecule has 0 fully saturated rings. The maximum Gasteiger partial charge on any atom is 0.323 e. The van der Waals surface area contributed by atoms with Crippen LogP contribution in [0, 0.1) is 22.5 Å². The van der Waals surface area contributed by atoms with Crippen molar-refractivity contribution >= 4 is 17.3 Å². The Hall–Kier alpha value is -2.75. The first-order chi connectivity index (χ1) is 9.85. The van der Waals surface area contributed by atoms with Gasteiger partial charge in [-0.3, -0.25) is 14.9 Å². The highest BCUT2D eigenvalue weighted by molar-refractivity contribution is 5.74. The highest BCUT2D eigenvalue weighted by Crippen LogP contribution is 2.32. The Labute approximate surface area is 122 Å². The summed E-state index contributed by atoms with van der Waals surface area (Å²) in [4.78, 5) is 22.7. The van der Waals surface area contributed by atoms with Crippen LogP contribution in [0.4, 0.5) is 11.4 Å². The van der Waals surface area contributed by atoms with Gasteiger partial charge in [-0.1, -0.05) is 5.92 Å². The second-order valence-corrected chi connectivity index (χ2v) is 4.53. The third kappa shape index (κ3) is 4.69. The van der Waals surface area contributed by atoms with Crippen LogP contribution in [0.5, 0.6) is 5.75 Å². The highest BCUT2D eigenvalue weighted by Gasteiger charge is 2.19. The monoisotopic (exact) mass is 292 g/mol. The van der Waals surface area contributed by atoms with E-state index in [9.17, 15) is 14.9 Å². The Balaban J connectivity index is 3.20. The molecule has 0 spiro atoms. The number of nitro benzene ring substituents is 1. The average molecular weight is 292 g/mol. The Kier molecular flexibility index (Phi) is 5.55. The van der Waals surface area contributed by atoms with Crippen LogP contribution in [0.1, 0.15) is 13.8 Å². The van der Waals surface area contributed by atoms with Crippen molar-refractivity contribution in [1.29, 1.82) is 0 Å². The van der Waals surface area contributed by atoms with E-state index in [0.29, 0.717) is 5.69 Å². The molecule has 1 aromatic carbocycles. The van der Waals surface area contributed by atoms with Gasteiger partial charge in [0, 0.05) is 17.8 Å². The molecular formula is C14H16N2O5. The number of anilines is 1. The van der Waals surface area contributed by atoms with Crippen molar-refractivity contribution in [3.8, 4) is 18.1 Å². The first-order valence-corrected chi connectivity index (χ1v) is 6.20. The van der Waals surface area contributed by atoms with E-state index in [1.807, 2.05) is 0 Å². The molecule has 0 saturated heterocycles. The van der Waals surface area contributed by atoms with Gasteiger partial charge in [-0.2, -0.15) is 0 Å². The summed E-state index contributed by atoms with van der Waals surface area (Å²) < 4.78 is 5.41.